The third-order valence-corrected chi connectivity index (χ3v) is 4.92. The van der Waals surface area contributed by atoms with E-state index in [1.165, 1.54) is 10.9 Å². The molecular weight excluding hydrogens is 346 g/mol. The first-order valence-electron chi connectivity index (χ1n) is 9.37. The monoisotopic (exact) mass is 369 g/mol. The quantitative estimate of drug-likeness (QED) is 0.492. The van der Waals surface area contributed by atoms with Gasteiger partial charge in [-0.25, -0.2) is 0 Å². The molecule has 0 atom stereocenters. The van der Waals surface area contributed by atoms with Crippen molar-refractivity contribution in [2.45, 2.75) is 13.2 Å². The molecule has 3 nitrogen and oxygen atoms in total. The van der Waals surface area contributed by atoms with Crippen molar-refractivity contribution in [1.29, 1.82) is 0 Å². The highest BCUT2D eigenvalue weighted by molar-refractivity contribution is 5.85. The van der Waals surface area contributed by atoms with Crippen LogP contribution in [0.5, 0.6) is 5.75 Å². The highest BCUT2D eigenvalue weighted by atomic mass is 16.5. The van der Waals surface area contributed by atoms with Crippen molar-refractivity contribution >= 4 is 23.1 Å². The molecule has 0 aliphatic rings. The Morgan fingerprint density at radius 1 is 0.857 bits per heavy atom. The maximum absolute atomic E-state index is 9.49. The van der Waals surface area contributed by atoms with Crippen molar-refractivity contribution in [1.82, 2.24) is 4.57 Å². The Hall–Kier alpha value is -3.30. The zero-order chi connectivity index (χ0) is 19.3. The van der Waals surface area contributed by atoms with Gasteiger partial charge < -0.3 is 14.4 Å². The molecule has 0 radical (unpaired) electrons. The molecule has 0 saturated carbocycles. The lowest BCUT2D eigenvalue weighted by atomic mass is 10.1. The SMILES string of the molecule is Cn1c(C=Cc2ccc(CO)cc2OCc2ccccc2)cc2ccccc21. The molecule has 4 rings (SSSR count). The molecule has 3 aromatic carbocycles. The second-order valence-corrected chi connectivity index (χ2v) is 6.82. The van der Waals surface area contributed by atoms with E-state index in [1.54, 1.807) is 0 Å². The fourth-order valence-electron chi connectivity index (χ4n) is 3.32. The van der Waals surface area contributed by atoms with Crippen molar-refractivity contribution < 1.29 is 9.84 Å². The molecular formula is C25H23NO2. The average Bonchev–Trinajstić information content (AvgIpc) is 3.07. The predicted molar refractivity (Wildman–Crippen MR) is 115 cm³/mol. The standard InChI is InChI=1S/C25H23NO2/c1-26-23(16-22-9-5-6-10-24(22)26)14-13-21-12-11-20(17-27)15-25(21)28-18-19-7-3-2-4-8-19/h2-16,27H,17-18H2,1H3. The number of aromatic nitrogens is 1. The van der Waals surface area contributed by atoms with Crippen molar-refractivity contribution in [3.05, 3.63) is 101 Å². The third kappa shape index (κ3) is 3.85. The minimum atomic E-state index is -0.00507. The summed E-state index contributed by atoms with van der Waals surface area (Å²) in [6.07, 6.45) is 4.17. The average molecular weight is 369 g/mol. The molecule has 1 heterocycles. The number of fused-ring (bicyclic) bond motifs is 1. The maximum atomic E-state index is 9.49. The molecule has 0 spiro atoms. The van der Waals surface area contributed by atoms with Crippen LogP contribution in [0.3, 0.4) is 0 Å². The van der Waals surface area contributed by atoms with Crippen molar-refractivity contribution in [3.8, 4) is 5.75 Å². The van der Waals surface area contributed by atoms with Crippen LogP contribution in [0.25, 0.3) is 23.1 Å². The Bertz CT molecular complexity index is 1110. The molecule has 0 unspecified atom stereocenters. The van der Waals surface area contributed by atoms with Crippen LogP contribution in [0.1, 0.15) is 22.4 Å². The number of nitrogens with zero attached hydrogens (tertiary/aromatic N) is 1. The van der Waals surface area contributed by atoms with E-state index < -0.39 is 0 Å². The molecule has 0 saturated heterocycles. The number of aliphatic hydroxyl groups is 1. The van der Waals surface area contributed by atoms with E-state index in [-0.39, 0.29) is 6.61 Å². The molecule has 140 valence electrons. The second kappa shape index (κ2) is 8.15. The number of benzene rings is 3. The summed E-state index contributed by atoms with van der Waals surface area (Å²) in [4.78, 5) is 0. The molecule has 4 aromatic rings. The van der Waals surface area contributed by atoms with Crippen LogP contribution in [0.15, 0.2) is 78.9 Å². The minimum Gasteiger partial charge on any atom is -0.488 e. The Morgan fingerprint density at radius 3 is 2.43 bits per heavy atom. The summed E-state index contributed by atoms with van der Waals surface area (Å²) in [5.41, 5.74) is 5.27. The summed E-state index contributed by atoms with van der Waals surface area (Å²) >= 11 is 0. The summed E-state index contributed by atoms with van der Waals surface area (Å²) in [6, 6.07) is 26.4. The van der Waals surface area contributed by atoms with E-state index in [0.717, 1.165) is 28.1 Å². The van der Waals surface area contributed by atoms with Gasteiger partial charge in [0, 0.05) is 29.2 Å². The van der Waals surface area contributed by atoms with Gasteiger partial charge in [-0.05, 0) is 41.5 Å². The Balaban J connectivity index is 1.62. The predicted octanol–water partition coefficient (Wildman–Crippen LogP) is 5.42. The maximum Gasteiger partial charge on any atom is 0.127 e. The van der Waals surface area contributed by atoms with Gasteiger partial charge in [0.2, 0.25) is 0 Å². The first-order valence-corrected chi connectivity index (χ1v) is 9.37. The fraction of sp³-hybridized carbons (Fsp3) is 0.120. The second-order valence-electron chi connectivity index (χ2n) is 6.82. The van der Waals surface area contributed by atoms with Crippen LogP contribution in [-0.4, -0.2) is 9.67 Å². The Kier molecular flexibility index (Phi) is 5.27. The number of aryl methyl sites for hydroxylation is 1. The normalized spacial score (nSPS) is 11.4. The summed E-state index contributed by atoms with van der Waals surface area (Å²) in [5, 5.41) is 10.7. The van der Waals surface area contributed by atoms with Gasteiger partial charge in [-0.1, -0.05) is 60.7 Å². The van der Waals surface area contributed by atoms with Crippen molar-refractivity contribution in [3.63, 3.8) is 0 Å². The number of para-hydroxylation sites is 1. The highest BCUT2D eigenvalue weighted by Gasteiger charge is 2.06. The van der Waals surface area contributed by atoms with E-state index in [9.17, 15) is 5.11 Å². The van der Waals surface area contributed by atoms with Crippen LogP contribution in [0.2, 0.25) is 0 Å². The van der Waals surface area contributed by atoms with Crippen LogP contribution < -0.4 is 4.74 Å². The van der Waals surface area contributed by atoms with Crippen molar-refractivity contribution in [2.75, 3.05) is 0 Å². The van der Waals surface area contributed by atoms with Gasteiger partial charge in [0.15, 0.2) is 0 Å². The minimum absolute atomic E-state index is 0.00507. The highest BCUT2D eigenvalue weighted by Crippen LogP contribution is 2.26. The molecule has 28 heavy (non-hydrogen) atoms. The van der Waals surface area contributed by atoms with Gasteiger partial charge >= 0.3 is 0 Å². The lowest BCUT2D eigenvalue weighted by Gasteiger charge is -2.11. The van der Waals surface area contributed by atoms with Gasteiger partial charge in [-0.2, -0.15) is 0 Å². The molecule has 0 aliphatic carbocycles. The first kappa shape index (κ1) is 18.1. The van der Waals surface area contributed by atoms with E-state index >= 15 is 0 Å². The number of hydrogen-bond acceptors (Lipinski definition) is 2. The third-order valence-electron chi connectivity index (χ3n) is 4.92. The molecule has 0 aliphatic heterocycles. The number of aliphatic hydroxyl groups excluding tert-OH is 1. The first-order chi connectivity index (χ1) is 13.7. The topological polar surface area (TPSA) is 34.4 Å². The number of rotatable bonds is 6. The van der Waals surface area contributed by atoms with Crippen LogP contribution >= 0.6 is 0 Å². The van der Waals surface area contributed by atoms with E-state index in [1.807, 2.05) is 48.5 Å². The smallest absolute Gasteiger partial charge is 0.127 e. The zero-order valence-electron chi connectivity index (χ0n) is 15.9. The van der Waals surface area contributed by atoms with Gasteiger partial charge in [-0.3, -0.25) is 0 Å². The lowest BCUT2D eigenvalue weighted by molar-refractivity contribution is 0.278. The van der Waals surface area contributed by atoms with Crippen LogP contribution in [-0.2, 0) is 20.3 Å². The Labute approximate surface area is 165 Å². The van der Waals surface area contributed by atoms with Crippen LogP contribution in [0, 0.1) is 0 Å². The summed E-state index contributed by atoms with van der Waals surface area (Å²) < 4.78 is 8.25. The summed E-state index contributed by atoms with van der Waals surface area (Å²) in [5.74, 6) is 0.769. The summed E-state index contributed by atoms with van der Waals surface area (Å²) in [6.45, 7) is 0.486. The van der Waals surface area contributed by atoms with E-state index in [2.05, 4.69) is 54.1 Å². The molecule has 3 heteroatoms. The zero-order valence-corrected chi connectivity index (χ0v) is 15.9. The largest absolute Gasteiger partial charge is 0.488 e. The molecule has 1 N–H and O–H groups in total. The van der Waals surface area contributed by atoms with Gasteiger partial charge in [-0.15, -0.1) is 0 Å². The fourth-order valence-corrected chi connectivity index (χ4v) is 3.32. The van der Waals surface area contributed by atoms with Gasteiger partial charge in [0.1, 0.15) is 12.4 Å². The molecule has 0 bridgehead atoms. The van der Waals surface area contributed by atoms with E-state index in [4.69, 9.17) is 4.74 Å². The number of ether oxygens (including phenoxy) is 1. The van der Waals surface area contributed by atoms with Gasteiger partial charge in [0.25, 0.3) is 0 Å². The Morgan fingerprint density at radius 2 is 1.64 bits per heavy atom. The molecule has 0 amide bonds. The lowest BCUT2D eigenvalue weighted by Crippen LogP contribution is -1.98. The number of hydrogen-bond donors (Lipinski definition) is 1. The van der Waals surface area contributed by atoms with E-state index in [0.29, 0.717) is 6.61 Å². The van der Waals surface area contributed by atoms with Crippen LogP contribution in [0.4, 0.5) is 0 Å². The van der Waals surface area contributed by atoms with Crippen molar-refractivity contribution in [2.24, 2.45) is 7.05 Å². The molecule has 1 aromatic heterocycles. The van der Waals surface area contributed by atoms with Gasteiger partial charge in [0.05, 0.1) is 6.61 Å². The summed E-state index contributed by atoms with van der Waals surface area (Å²) in [7, 11) is 2.07. The molecule has 0 fully saturated rings.